The van der Waals surface area contributed by atoms with Crippen LogP contribution in [-0.2, 0) is 23.7 Å². The minimum atomic E-state index is 0.127. The van der Waals surface area contributed by atoms with Crippen molar-refractivity contribution in [3.63, 3.8) is 0 Å². The fourth-order valence-corrected chi connectivity index (χ4v) is 4.67. The van der Waals surface area contributed by atoms with E-state index < -0.39 is 0 Å². The molecule has 1 aromatic heterocycles. The first-order valence-corrected chi connectivity index (χ1v) is 9.05. The van der Waals surface area contributed by atoms with Crippen LogP contribution in [0.3, 0.4) is 0 Å². The van der Waals surface area contributed by atoms with E-state index in [1.54, 1.807) is 6.20 Å². The van der Waals surface area contributed by atoms with Crippen LogP contribution in [0.4, 0.5) is 5.69 Å². The van der Waals surface area contributed by atoms with Crippen molar-refractivity contribution in [2.75, 3.05) is 11.4 Å². The number of nitrogens with zero attached hydrogens (tertiary/aromatic N) is 3. The maximum Gasteiger partial charge on any atom is 0.227 e. The van der Waals surface area contributed by atoms with Crippen LogP contribution in [0, 0.1) is 0 Å². The van der Waals surface area contributed by atoms with E-state index in [1.807, 2.05) is 34.8 Å². The van der Waals surface area contributed by atoms with Gasteiger partial charge in [-0.05, 0) is 37.0 Å². The molecule has 0 atom stereocenters. The summed E-state index contributed by atoms with van der Waals surface area (Å²) in [7, 11) is 1.91. The third-order valence-corrected chi connectivity index (χ3v) is 5.97. The molecule has 0 radical (unpaired) electrons. The van der Waals surface area contributed by atoms with Gasteiger partial charge in [0.05, 0.1) is 10.7 Å². The van der Waals surface area contributed by atoms with E-state index in [0.29, 0.717) is 17.9 Å². The van der Waals surface area contributed by atoms with Gasteiger partial charge in [0.1, 0.15) is 0 Å². The van der Waals surface area contributed by atoms with Gasteiger partial charge in [-0.1, -0.05) is 36.6 Å². The molecule has 0 unspecified atom stereocenters. The summed E-state index contributed by atoms with van der Waals surface area (Å²) in [4.78, 5) is 14.9. The fourth-order valence-electron chi connectivity index (χ4n) is 4.39. The van der Waals surface area contributed by atoms with E-state index in [1.165, 1.54) is 18.4 Å². The average Bonchev–Trinajstić information content (AvgIpc) is 3.27. The molecule has 4 nitrogen and oxygen atoms in total. The van der Waals surface area contributed by atoms with Crippen LogP contribution in [0.25, 0.3) is 0 Å². The molecular weight excluding hydrogens is 322 g/mol. The summed E-state index contributed by atoms with van der Waals surface area (Å²) in [6.07, 6.45) is 7.76. The van der Waals surface area contributed by atoms with Crippen molar-refractivity contribution in [1.29, 1.82) is 0 Å². The first-order valence-electron chi connectivity index (χ1n) is 8.67. The lowest BCUT2D eigenvalue weighted by Gasteiger charge is -2.24. The summed E-state index contributed by atoms with van der Waals surface area (Å²) in [6.45, 7) is 0.788. The normalized spacial score (nSPS) is 18.3. The average molecular weight is 344 g/mol. The van der Waals surface area contributed by atoms with Gasteiger partial charge in [0.25, 0.3) is 0 Å². The van der Waals surface area contributed by atoms with E-state index in [-0.39, 0.29) is 11.3 Å². The molecule has 126 valence electrons. The Labute approximate surface area is 147 Å². The van der Waals surface area contributed by atoms with Crippen LogP contribution in [0.1, 0.15) is 43.4 Å². The molecule has 0 N–H and O–H groups in total. The number of hydrogen-bond donors (Lipinski definition) is 0. The van der Waals surface area contributed by atoms with E-state index >= 15 is 0 Å². The van der Waals surface area contributed by atoms with Gasteiger partial charge in [0.15, 0.2) is 0 Å². The van der Waals surface area contributed by atoms with Crippen molar-refractivity contribution in [1.82, 2.24) is 9.78 Å². The molecule has 2 heterocycles. The zero-order chi connectivity index (χ0) is 16.7. The van der Waals surface area contributed by atoms with Gasteiger partial charge in [-0.3, -0.25) is 9.48 Å². The Hall–Kier alpha value is -1.81. The molecule has 2 aliphatic rings. The predicted molar refractivity (Wildman–Crippen MR) is 95.5 cm³/mol. The number of carbonyl (C=O) groups is 1. The summed E-state index contributed by atoms with van der Waals surface area (Å²) in [5.41, 5.74) is 3.44. The minimum Gasteiger partial charge on any atom is -0.310 e. The number of carbonyl (C=O) groups excluding carboxylic acids is 1. The van der Waals surface area contributed by atoms with Gasteiger partial charge < -0.3 is 4.90 Å². The van der Waals surface area contributed by atoms with Gasteiger partial charge >= 0.3 is 0 Å². The number of anilines is 1. The Balaban J connectivity index is 1.60. The van der Waals surface area contributed by atoms with Crippen LogP contribution in [0.5, 0.6) is 0 Å². The molecule has 1 aromatic carbocycles. The molecule has 1 spiro atoms. The highest BCUT2D eigenvalue weighted by Gasteiger charge is 2.46. The maximum atomic E-state index is 12.9. The second-order valence-electron chi connectivity index (χ2n) is 7.05. The van der Waals surface area contributed by atoms with Gasteiger partial charge in [0, 0.05) is 37.3 Å². The third-order valence-electron chi connectivity index (χ3n) is 5.67. The van der Waals surface area contributed by atoms with E-state index in [4.69, 9.17) is 11.6 Å². The first-order chi connectivity index (χ1) is 11.6. The number of hydrogen-bond acceptors (Lipinski definition) is 2. The number of rotatable bonds is 3. The van der Waals surface area contributed by atoms with E-state index in [9.17, 15) is 4.79 Å². The van der Waals surface area contributed by atoms with Crippen molar-refractivity contribution < 1.29 is 4.79 Å². The summed E-state index contributed by atoms with van der Waals surface area (Å²) >= 11 is 6.49. The maximum absolute atomic E-state index is 12.9. The second-order valence-corrected chi connectivity index (χ2v) is 7.46. The van der Waals surface area contributed by atoms with Crippen LogP contribution >= 0.6 is 11.6 Å². The molecule has 1 aliphatic heterocycles. The smallest absolute Gasteiger partial charge is 0.227 e. The number of fused-ring (bicyclic) bond motifs is 2. The highest BCUT2D eigenvalue weighted by atomic mass is 35.5. The molecule has 4 rings (SSSR count). The van der Waals surface area contributed by atoms with Gasteiger partial charge in [-0.15, -0.1) is 0 Å². The number of amides is 1. The standard InChI is InChI=1S/C19H22ClN3O/c1-22-14(9-12-21-22)7-8-17(24)23-13-19(10-2-3-11-19)15-5-4-6-16(20)18(15)23/h4-6,9,12H,2-3,7-8,10-11,13H2,1H3. The molecule has 0 saturated heterocycles. The predicted octanol–water partition coefficient (Wildman–Crippen LogP) is 3.86. The molecule has 24 heavy (non-hydrogen) atoms. The first kappa shape index (κ1) is 15.7. The zero-order valence-corrected chi connectivity index (χ0v) is 14.7. The number of benzene rings is 1. The Morgan fingerprint density at radius 2 is 2.08 bits per heavy atom. The largest absolute Gasteiger partial charge is 0.310 e. The lowest BCUT2D eigenvalue weighted by Crippen LogP contribution is -2.35. The van der Waals surface area contributed by atoms with E-state index in [2.05, 4.69) is 11.2 Å². The second kappa shape index (κ2) is 5.92. The number of aromatic nitrogens is 2. The Morgan fingerprint density at radius 1 is 1.29 bits per heavy atom. The Bertz CT molecular complexity index is 777. The monoisotopic (exact) mass is 343 g/mol. The number of halogens is 1. The summed E-state index contributed by atoms with van der Waals surface area (Å²) in [6, 6.07) is 8.05. The molecule has 1 fully saturated rings. The van der Waals surface area contributed by atoms with Crippen LogP contribution in [0.2, 0.25) is 5.02 Å². The van der Waals surface area contributed by atoms with Gasteiger partial charge in [-0.2, -0.15) is 5.10 Å². The van der Waals surface area contributed by atoms with Crippen molar-refractivity contribution in [3.8, 4) is 0 Å². The molecule has 1 aliphatic carbocycles. The number of para-hydroxylation sites is 1. The molecule has 2 aromatic rings. The van der Waals surface area contributed by atoms with Crippen molar-refractivity contribution in [2.24, 2.45) is 7.05 Å². The SMILES string of the molecule is Cn1nccc1CCC(=O)N1CC2(CCCC2)c2cccc(Cl)c21. The molecule has 0 bridgehead atoms. The third kappa shape index (κ3) is 2.44. The van der Waals surface area contributed by atoms with E-state index in [0.717, 1.165) is 30.8 Å². The molecule has 1 saturated carbocycles. The highest BCUT2D eigenvalue weighted by molar-refractivity contribution is 6.34. The minimum absolute atomic E-state index is 0.127. The zero-order valence-electron chi connectivity index (χ0n) is 14.0. The topological polar surface area (TPSA) is 38.1 Å². The van der Waals surface area contributed by atoms with Gasteiger partial charge in [-0.25, -0.2) is 0 Å². The van der Waals surface area contributed by atoms with Crippen molar-refractivity contribution in [3.05, 3.63) is 46.7 Å². The summed E-state index contributed by atoms with van der Waals surface area (Å²) < 4.78 is 1.83. The highest BCUT2D eigenvalue weighted by Crippen LogP contribution is 2.52. The van der Waals surface area contributed by atoms with Crippen LogP contribution in [0.15, 0.2) is 30.5 Å². The summed E-state index contributed by atoms with van der Waals surface area (Å²) in [5.74, 6) is 0.161. The molecule has 5 heteroatoms. The Kier molecular flexibility index (Phi) is 3.87. The molecule has 1 amide bonds. The number of aryl methyl sites for hydroxylation is 2. The van der Waals surface area contributed by atoms with Crippen LogP contribution in [-0.4, -0.2) is 22.2 Å². The lowest BCUT2D eigenvalue weighted by atomic mass is 9.81. The quantitative estimate of drug-likeness (QED) is 0.848. The molecular formula is C19H22ClN3O. The van der Waals surface area contributed by atoms with Gasteiger partial charge in [0.2, 0.25) is 5.91 Å². The lowest BCUT2D eigenvalue weighted by molar-refractivity contribution is -0.118. The fraction of sp³-hybridized carbons (Fsp3) is 0.474. The Morgan fingerprint density at radius 3 is 2.79 bits per heavy atom. The van der Waals surface area contributed by atoms with Crippen molar-refractivity contribution >= 4 is 23.2 Å². The van der Waals surface area contributed by atoms with Crippen LogP contribution < -0.4 is 4.90 Å². The van der Waals surface area contributed by atoms with Crippen molar-refractivity contribution in [2.45, 2.75) is 43.9 Å². The summed E-state index contributed by atoms with van der Waals surface area (Å²) in [5, 5.41) is 4.87.